The minimum Gasteiger partial charge on any atom is -0.444 e. The summed E-state index contributed by atoms with van der Waals surface area (Å²) in [6, 6.07) is 6.43. The van der Waals surface area contributed by atoms with E-state index in [-0.39, 0.29) is 23.6 Å². The summed E-state index contributed by atoms with van der Waals surface area (Å²) in [5.74, 6) is -0.699. The van der Waals surface area contributed by atoms with Crippen LogP contribution < -0.4 is 10.6 Å². The molecule has 0 radical (unpaired) electrons. The van der Waals surface area contributed by atoms with Gasteiger partial charge in [-0.1, -0.05) is 11.6 Å². The van der Waals surface area contributed by atoms with E-state index in [1.807, 2.05) is 20.8 Å². The highest BCUT2D eigenvalue weighted by molar-refractivity contribution is 6.30. The molecule has 3 heterocycles. The number of anilines is 2. The maximum absolute atomic E-state index is 12.8. The number of amides is 3. The van der Waals surface area contributed by atoms with Crippen molar-refractivity contribution in [3.05, 3.63) is 47.4 Å². The van der Waals surface area contributed by atoms with E-state index < -0.39 is 11.5 Å². The summed E-state index contributed by atoms with van der Waals surface area (Å²) >= 11 is 5.81. The number of carbonyl (C=O) groups excluding carboxylic acids is 3. The summed E-state index contributed by atoms with van der Waals surface area (Å²) in [5.41, 5.74) is -0.188. The highest BCUT2D eigenvalue weighted by Gasteiger charge is 2.30. The van der Waals surface area contributed by atoms with Gasteiger partial charge in [-0.2, -0.15) is 0 Å². The number of ether oxygens (including phenoxy) is 1. The standard InChI is InChI=1S/C22H26ClN5O4/c1-22(2,3)32-21(31)28-11-8-14(9-12-28)19(29)26-16-5-4-10-24-18(16)20(30)27-17-7-6-15(23)13-25-17/h4-7,10,13-14H,8-9,11-12H2,1-3H3,(H,26,29)(H,25,27,30). The Morgan fingerprint density at radius 1 is 1.09 bits per heavy atom. The maximum Gasteiger partial charge on any atom is 0.410 e. The lowest BCUT2D eigenvalue weighted by Gasteiger charge is -2.33. The van der Waals surface area contributed by atoms with Crippen LogP contribution in [0.2, 0.25) is 5.02 Å². The van der Waals surface area contributed by atoms with Gasteiger partial charge in [0.15, 0.2) is 5.69 Å². The highest BCUT2D eigenvalue weighted by Crippen LogP contribution is 2.23. The molecule has 2 N–H and O–H groups in total. The molecular weight excluding hydrogens is 434 g/mol. The fraction of sp³-hybridized carbons (Fsp3) is 0.409. The van der Waals surface area contributed by atoms with E-state index in [9.17, 15) is 14.4 Å². The van der Waals surface area contributed by atoms with Crippen molar-refractivity contribution in [3.8, 4) is 0 Å². The van der Waals surface area contributed by atoms with Crippen molar-refractivity contribution in [2.75, 3.05) is 23.7 Å². The van der Waals surface area contributed by atoms with Crippen molar-refractivity contribution in [3.63, 3.8) is 0 Å². The van der Waals surface area contributed by atoms with Crippen LogP contribution in [-0.2, 0) is 9.53 Å². The van der Waals surface area contributed by atoms with Crippen LogP contribution in [0.25, 0.3) is 0 Å². The molecule has 2 aromatic heterocycles. The molecule has 0 saturated carbocycles. The predicted octanol–water partition coefficient (Wildman–Crippen LogP) is 3.97. The molecule has 0 aliphatic carbocycles. The third kappa shape index (κ3) is 6.40. The van der Waals surface area contributed by atoms with Gasteiger partial charge in [-0.15, -0.1) is 0 Å². The molecule has 0 atom stereocenters. The van der Waals surface area contributed by atoms with Crippen molar-refractivity contribution >= 4 is 41.0 Å². The van der Waals surface area contributed by atoms with E-state index in [4.69, 9.17) is 16.3 Å². The van der Waals surface area contributed by atoms with Crippen LogP contribution in [0.4, 0.5) is 16.3 Å². The smallest absolute Gasteiger partial charge is 0.410 e. The summed E-state index contributed by atoms with van der Waals surface area (Å²) in [6.07, 6.45) is 3.52. The Kier molecular flexibility index (Phi) is 7.29. The van der Waals surface area contributed by atoms with Crippen LogP contribution >= 0.6 is 11.6 Å². The van der Waals surface area contributed by atoms with E-state index in [1.54, 1.807) is 29.2 Å². The molecular formula is C22H26ClN5O4. The lowest BCUT2D eigenvalue weighted by atomic mass is 9.96. The second-order valence-corrected chi connectivity index (χ2v) is 8.88. The monoisotopic (exact) mass is 459 g/mol. The van der Waals surface area contributed by atoms with Gasteiger partial charge in [0.05, 0.1) is 10.7 Å². The van der Waals surface area contributed by atoms with E-state index in [0.717, 1.165) is 0 Å². The van der Waals surface area contributed by atoms with Crippen molar-refractivity contribution in [1.82, 2.24) is 14.9 Å². The Morgan fingerprint density at radius 3 is 2.44 bits per heavy atom. The SMILES string of the molecule is CC(C)(C)OC(=O)N1CCC(C(=O)Nc2cccnc2C(=O)Nc2ccc(Cl)cn2)CC1. The Morgan fingerprint density at radius 2 is 1.81 bits per heavy atom. The quantitative estimate of drug-likeness (QED) is 0.715. The van der Waals surface area contributed by atoms with Crippen molar-refractivity contribution in [2.45, 2.75) is 39.2 Å². The van der Waals surface area contributed by atoms with Crippen molar-refractivity contribution in [1.29, 1.82) is 0 Å². The first-order valence-electron chi connectivity index (χ1n) is 10.3. The number of carbonyl (C=O) groups is 3. The molecule has 1 fully saturated rings. The van der Waals surface area contributed by atoms with E-state index in [2.05, 4.69) is 20.6 Å². The topological polar surface area (TPSA) is 114 Å². The zero-order chi connectivity index (χ0) is 23.3. The number of piperidine rings is 1. The van der Waals surface area contributed by atoms with Crippen molar-refractivity contribution in [2.24, 2.45) is 5.92 Å². The molecule has 1 aliphatic heterocycles. The maximum atomic E-state index is 12.8. The van der Waals surface area contributed by atoms with Crippen LogP contribution in [0.1, 0.15) is 44.1 Å². The summed E-state index contributed by atoms with van der Waals surface area (Å²) in [5, 5.41) is 5.89. The molecule has 9 nitrogen and oxygen atoms in total. The van der Waals surface area contributed by atoms with Crippen LogP contribution in [-0.4, -0.2) is 51.5 Å². The van der Waals surface area contributed by atoms with Gasteiger partial charge in [-0.05, 0) is 57.9 Å². The van der Waals surface area contributed by atoms with Gasteiger partial charge in [0.1, 0.15) is 11.4 Å². The van der Waals surface area contributed by atoms with Gasteiger partial charge in [-0.25, -0.2) is 14.8 Å². The van der Waals surface area contributed by atoms with Gasteiger partial charge >= 0.3 is 6.09 Å². The molecule has 170 valence electrons. The minimum atomic E-state index is -0.565. The molecule has 3 rings (SSSR count). The summed E-state index contributed by atoms with van der Waals surface area (Å²) < 4.78 is 5.39. The van der Waals surface area contributed by atoms with Gasteiger partial charge in [0, 0.05) is 31.4 Å². The summed E-state index contributed by atoms with van der Waals surface area (Å²) in [7, 11) is 0. The van der Waals surface area contributed by atoms with E-state index in [0.29, 0.717) is 42.5 Å². The van der Waals surface area contributed by atoms with Crippen LogP contribution in [0.5, 0.6) is 0 Å². The normalized spacial score (nSPS) is 14.6. The lowest BCUT2D eigenvalue weighted by molar-refractivity contribution is -0.121. The number of aromatic nitrogens is 2. The Bertz CT molecular complexity index is 983. The number of nitrogens with one attached hydrogen (secondary N) is 2. The van der Waals surface area contributed by atoms with E-state index >= 15 is 0 Å². The predicted molar refractivity (Wildman–Crippen MR) is 121 cm³/mol. The summed E-state index contributed by atoms with van der Waals surface area (Å²) in [4.78, 5) is 47.4. The molecule has 32 heavy (non-hydrogen) atoms. The number of rotatable bonds is 4. The average molecular weight is 460 g/mol. The largest absolute Gasteiger partial charge is 0.444 e. The first-order valence-corrected chi connectivity index (χ1v) is 10.7. The number of pyridine rings is 2. The average Bonchev–Trinajstić information content (AvgIpc) is 2.74. The van der Waals surface area contributed by atoms with Crippen LogP contribution in [0.3, 0.4) is 0 Å². The van der Waals surface area contributed by atoms with E-state index in [1.165, 1.54) is 12.4 Å². The fourth-order valence-corrected chi connectivity index (χ4v) is 3.31. The molecule has 0 unspecified atom stereocenters. The molecule has 10 heteroatoms. The third-order valence-corrected chi connectivity index (χ3v) is 4.99. The van der Waals surface area contributed by atoms with Crippen LogP contribution in [0, 0.1) is 5.92 Å². The van der Waals surface area contributed by atoms with Crippen molar-refractivity contribution < 1.29 is 19.1 Å². The minimum absolute atomic E-state index is 0.0730. The molecule has 0 aromatic carbocycles. The Labute approximate surface area is 191 Å². The molecule has 1 aliphatic rings. The summed E-state index contributed by atoms with van der Waals surface area (Å²) in [6.45, 7) is 6.30. The molecule has 2 aromatic rings. The second kappa shape index (κ2) is 9.95. The molecule has 1 saturated heterocycles. The third-order valence-electron chi connectivity index (χ3n) is 4.77. The highest BCUT2D eigenvalue weighted by atomic mass is 35.5. The molecule has 3 amide bonds. The zero-order valence-electron chi connectivity index (χ0n) is 18.2. The van der Waals surface area contributed by atoms with Crippen LogP contribution in [0.15, 0.2) is 36.7 Å². The fourth-order valence-electron chi connectivity index (χ4n) is 3.20. The first kappa shape index (κ1) is 23.5. The number of hydrogen-bond donors (Lipinski definition) is 2. The van der Waals surface area contributed by atoms with Gasteiger partial charge in [-0.3, -0.25) is 9.59 Å². The molecule has 0 bridgehead atoms. The lowest BCUT2D eigenvalue weighted by Crippen LogP contribution is -2.43. The second-order valence-electron chi connectivity index (χ2n) is 8.45. The number of halogens is 1. The zero-order valence-corrected chi connectivity index (χ0v) is 19.0. The number of nitrogens with zero attached hydrogens (tertiary/aromatic N) is 3. The molecule has 0 spiro atoms. The Balaban J connectivity index is 1.60. The first-order chi connectivity index (χ1) is 15.1. The van der Waals surface area contributed by atoms with Gasteiger partial charge < -0.3 is 20.3 Å². The number of hydrogen-bond acceptors (Lipinski definition) is 6. The number of likely N-dealkylation sites (tertiary alicyclic amines) is 1. The van der Waals surface area contributed by atoms with Gasteiger partial charge in [0.25, 0.3) is 5.91 Å². The Hall–Kier alpha value is -3.20. The van der Waals surface area contributed by atoms with Gasteiger partial charge in [0.2, 0.25) is 5.91 Å².